The second kappa shape index (κ2) is 10.8. The van der Waals surface area contributed by atoms with Gasteiger partial charge < -0.3 is 9.88 Å². The van der Waals surface area contributed by atoms with Crippen molar-refractivity contribution in [3.8, 4) is 17.2 Å². The third-order valence-corrected chi connectivity index (χ3v) is 6.64. The van der Waals surface area contributed by atoms with E-state index in [-0.39, 0.29) is 13.1 Å². The molecule has 0 aliphatic carbocycles. The molecule has 5 rings (SSSR count). The van der Waals surface area contributed by atoms with E-state index in [1.807, 2.05) is 43.3 Å². The van der Waals surface area contributed by atoms with E-state index in [1.165, 1.54) is 4.90 Å². The van der Waals surface area contributed by atoms with Gasteiger partial charge in [0.25, 0.3) is 0 Å². The van der Waals surface area contributed by atoms with Crippen LogP contribution in [0.2, 0.25) is 0 Å². The van der Waals surface area contributed by atoms with E-state index < -0.39 is 18.5 Å². The Hall–Kier alpha value is -4.30. The first-order valence-electron chi connectivity index (χ1n) is 12.5. The minimum atomic E-state index is -4.48. The topological polar surface area (TPSA) is 102 Å². The van der Waals surface area contributed by atoms with Gasteiger partial charge in [-0.2, -0.15) is 18.4 Å². The van der Waals surface area contributed by atoms with Crippen LogP contribution in [0.3, 0.4) is 0 Å². The van der Waals surface area contributed by atoms with Gasteiger partial charge in [-0.05, 0) is 60.0 Å². The average Bonchev–Trinajstić information content (AvgIpc) is 3.29. The van der Waals surface area contributed by atoms with Crippen LogP contribution in [0.4, 0.5) is 13.2 Å². The molecule has 0 radical (unpaired) electrons. The largest absolute Gasteiger partial charge is 0.397 e. The summed E-state index contributed by atoms with van der Waals surface area (Å²) in [5.41, 5.74) is 6.61. The number of fused-ring (bicyclic) bond motifs is 1. The van der Waals surface area contributed by atoms with Gasteiger partial charge in [-0.1, -0.05) is 6.07 Å². The minimum absolute atomic E-state index is 0.282. The number of amides is 1. The standard InChI is InChI=1S/C28H26F3N7O/c1-18-10-21(12-23(16-32)34-18)20-2-3-24-25(13-20)36-26(35-24)14-22-11-19(4-5-33-22)17-37-6-8-38(9-7-37)27(39)15-28(29,30)31/h2-5,10-13H,6-9,14-15,17H2,1H3,(H,35,36). The van der Waals surface area contributed by atoms with Gasteiger partial charge in [-0.25, -0.2) is 9.97 Å². The molecular weight excluding hydrogens is 507 g/mol. The zero-order chi connectivity index (χ0) is 27.6. The minimum Gasteiger partial charge on any atom is -0.342 e. The number of benzene rings is 1. The SMILES string of the molecule is Cc1cc(-c2ccc3nc(Cc4cc(CN5CCN(C(=O)CC(F)(F)F)CC5)ccn4)[nH]c3c2)cc(C#N)n1. The summed E-state index contributed by atoms with van der Waals surface area (Å²) in [5.74, 6) is -0.0960. The molecule has 0 saturated carbocycles. The summed E-state index contributed by atoms with van der Waals surface area (Å²) in [5, 5.41) is 9.24. The Balaban J connectivity index is 1.23. The predicted octanol–water partition coefficient (Wildman–Crippen LogP) is 4.39. The van der Waals surface area contributed by atoms with Gasteiger partial charge >= 0.3 is 6.18 Å². The van der Waals surface area contributed by atoms with E-state index in [4.69, 9.17) is 4.98 Å². The predicted molar refractivity (Wildman–Crippen MR) is 138 cm³/mol. The van der Waals surface area contributed by atoms with Crippen LogP contribution in [0.5, 0.6) is 0 Å². The number of rotatable bonds is 6. The van der Waals surface area contributed by atoms with E-state index in [1.54, 1.807) is 12.3 Å². The maximum absolute atomic E-state index is 12.5. The molecule has 39 heavy (non-hydrogen) atoms. The van der Waals surface area contributed by atoms with E-state index >= 15 is 0 Å². The summed E-state index contributed by atoms with van der Waals surface area (Å²) in [6.07, 6.45) is -3.64. The average molecular weight is 534 g/mol. The number of carbonyl (C=O) groups excluding carboxylic acids is 1. The number of nitrogens with one attached hydrogen (secondary N) is 1. The van der Waals surface area contributed by atoms with Crippen molar-refractivity contribution in [1.82, 2.24) is 29.7 Å². The second-order valence-corrected chi connectivity index (χ2v) is 9.69. The molecule has 1 aromatic carbocycles. The molecule has 3 aromatic heterocycles. The zero-order valence-electron chi connectivity index (χ0n) is 21.3. The molecule has 200 valence electrons. The lowest BCUT2D eigenvalue weighted by atomic mass is 10.0. The Morgan fingerprint density at radius 1 is 1.05 bits per heavy atom. The molecule has 0 unspecified atom stereocenters. The quantitative estimate of drug-likeness (QED) is 0.395. The Morgan fingerprint density at radius 3 is 2.59 bits per heavy atom. The van der Waals surface area contributed by atoms with Crippen molar-refractivity contribution in [3.05, 3.63) is 77.1 Å². The summed E-state index contributed by atoms with van der Waals surface area (Å²) in [7, 11) is 0. The van der Waals surface area contributed by atoms with Crippen molar-refractivity contribution < 1.29 is 18.0 Å². The van der Waals surface area contributed by atoms with Crippen LogP contribution in [0.1, 0.15) is 34.9 Å². The summed E-state index contributed by atoms with van der Waals surface area (Å²) in [4.78, 5) is 32.0. The number of nitrogens with zero attached hydrogens (tertiary/aromatic N) is 6. The van der Waals surface area contributed by atoms with Crippen molar-refractivity contribution in [3.63, 3.8) is 0 Å². The summed E-state index contributed by atoms with van der Waals surface area (Å²) in [6, 6.07) is 15.6. The zero-order valence-corrected chi connectivity index (χ0v) is 21.3. The lowest BCUT2D eigenvalue weighted by Crippen LogP contribution is -2.49. The van der Waals surface area contributed by atoms with Crippen LogP contribution in [0, 0.1) is 18.3 Å². The number of aromatic amines is 1. The van der Waals surface area contributed by atoms with Crippen molar-refractivity contribution in [1.29, 1.82) is 5.26 Å². The van der Waals surface area contributed by atoms with E-state index in [0.717, 1.165) is 44.9 Å². The highest BCUT2D eigenvalue weighted by Crippen LogP contribution is 2.25. The number of pyridine rings is 2. The summed E-state index contributed by atoms with van der Waals surface area (Å²) >= 11 is 0. The first kappa shape index (κ1) is 26.3. The highest BCUT2D eigenvalue weighted by atomic mass is 19.4. The number of hydrogen-bond donors (Lipinski definition) is 1. The van der Waals surface area contributed by atoms with Crippen molar-refractivity contribution in [2.75, 3.05) is 26.2 Å². The molecule has 1 aliphatic heterocycles. The monoisotopic (exact) mass is 533 g/mol. The number of piperazine rings is 1. The first-order chi connectivity index (χ1) is 18.6. The third-order valence-electron chi connectivity index (χ3n) is 6.64. The number of H-pyrrole nitrogens is 1. The fraction of sp³-hybridized carbons (Fsp3) is 0.321. The number of carbonyl (C=O) groups is 1. The van der Waals surface area contributed by atoms with Crippen LogP contribution in [-0.4, -0.2) is 68.0 Å². The molecular formula is C28H26F3N7O. The summed E-state index contributed by atoms with van der Waals surface area (Å²) in [6.45, 7) is 4.07. The Morgan fingerprint density at radius 2 is 1.85 bits per heavy atom. The molecule has 1 N–H and O–H groups in total. The van der Waals surface area contributed by atoms with Crippen LogP contribution >= 0.6 is 0 Å². The fourth-order valence-corrected chi connectivity index (χ4v) is 4.81. The number of aromatic nitrogens is 4. The fourth-order valence-electron chi connectivity index (χ4n) is 4.81. The number of imidazole rings is 1. The van der Waals surface area contributed by atoms with Crippen LogP contribution in [0.15, 0.2) is 48.7 Å². The lowest BCUT2D eigenvalue weighted by molar-refractivity contribution is -0.162. The highest BCUT2D eigenvalue weighted by molar-refractivity contribution is 5.82. The Bertz CT molecular complexity index is 1550. The van der Waals surface area contributed by atoms with E-state index in [2.05, 4.69) is 25.9 Å². The van der Waals surface area contributed by atoms with Gasteiger partial charge in [0.05, 0.1) is 11.0 Å². The van der Waals surface area contributed by atoms with Crippen LogP contribution in [0.25, 0.3) is 22.2 Å². The first-order valence-corrected chi connectivity index (χ1v) is 12.5. The van der Waals surface area contributed by atoms with E-state index in [0.29, 0.717) is 31.7 Å². The van der Waals surface area contributed by atoms with Crippen molar-refractivity contribution in [2.24, 2.45) is 0 Å². The van der Waals surface area contributed by atoms with Gasteiger partial charge in [0, 0.05) is 56.7 Å². The van der Waals surface area contributed by atoms with Crippen molar-refractivity contribution >= 4 is 16.9 Å². The van der Waals surface area contributed by atoms with Gasteiger partial charge in [-0.3, -0.25) is 14.7 Å². The molecule has 1 fully saturated rings. The van der Waals surface area contributed by atoms with Gasteiger partial charge in [0.15, 0.2) is 0 Å². The second-order valence-electron chi connectivity index (χ2n) is 9.69. The number of aryl methyl sites for hydroxylation is 1. The van der Waals surface area contributed by atoms with Crippen molar-refractivity contribution in [2.45, 2.75) is 32.5 Å². The number of alkyl halides is 3. The van der Waals surface area contributed by atoms with E-state index in [9.17, 15) is 23.2 Å². The molecule has 0 bridgehead atoms. The lowest BCUT2D eigenvalue weighted by Gasteiger charge is -2.35. The molecule has 11 heteroatoms. The molecule has 0 atom stereocenters. The number of halogens is 3. The molecule has 4 heterocycles. The van der Waals surface area contributed by atoms with Crippen LogP contribution in [-0.2, 0) is 17.8 Å². The molecule has 0 spiro atoms. The van der Waals surface area contributed by atoms with Gasteiger partial charge in [0.1, 0.15) is 24.0 Å². The van der Waals surface area contributed by atoms with Gasteiger partial charge in [0.2, 0.25) is 5.91 Å². The Labute approximate surface area is 223 Å². The summed E-state index contributed by atoms with van der Waals surface area (Å²) < 4.78 is 37.6. The molecule has 4 aromatic rings. The third kappa shape index (κ3) is 6.59. The van der Waals surface area contributed by atoms with Crippen LogP contribution < -0.4 is 0 Å². The Kier molecular flexibility index (Phi) is 7.30. The number of nitriles is 1. The van der Waals surface area contributed by atoms with Gasteiger partial charge in [-0.15, -0.1) is 0 Å². The maximum atomic E-state index is 12.5. The smallest absolute Gasteiger partial charge is 0.342 e. The molecule has 1 amide bonds. The molecule has 1 aliphatic rings. The number of hydrogen-bond acceptors (Lipinski definition) is 6. The highest BCUT2D eigenvalue weighted by Gasteiger charge is 2.34. The maximum Gasteiger partial charge on any atom is 0.397 e. The molecule has 1 saturated heterocycles. The molecule has 8 nitrogen and oxygen atoms in total. The normalized spacial score (nSPS) is 14.5.